The van der Waals surface area contributed by atoms with Crippen molar-refractivity contribution in [1.82, 2.24) is 19.8 Å². The molecule has 2 aromatic heterocycles. The highest BCUT2D eigenvalue weighted by Crippen LogP contribution is 2.34. The number of rotatable bonds is 7. The van der Waals surface area contributed by atoms with Gasteiger partial charge in [0.2, 0.25) is 5.91 Å². The van der Waals surface area contributed by atoms with Crippen molar-refractivity contribution in [2.45, 2.75) is 25.9 Å². The van der Waals surface area contributed by atoms with Crippen LogP contribution in [0.15, 0.2) is 41.1 Å². The van der Waals surface area contributed by atoms with Crippen LogP contribution in [0, 0.1) is 0 Å². The van der Waals surface area contributed by atoms with Gasteiger partial charge in [0.25, 0.3) is 5.91 Å². The SMILES string of the molecule is C[C@H](C(=O)NCCCn1ccnc1)N1C(=O)/C(=C/c2cccs2)SC1=S. The van der Waals surface area contributed by atoms with E-state index in [0.29, 0.717) is 15.8 Å². The van der Waals surface area contributed by atoms with Gasteiger partial charge in [-0.05, 0) is 30.9 Å². The molecule has 0 spiro atoms. The average molecular weight is 407 g/mol. The summed E-state index contributed by atoms with van der Waals surface area (Å²) < 4.78 is 2.37. The molecule has 9 heteroatoms. The van der Waals surface area contributed by atoms with Crippen LogP contribution in [0.25, 0.3) is 6.08 Å². The smallest absolute Gasteiger partial charge is 0.266 e. The maximum atomic E-state index is 12.6. The van der Waals surface area contributed by atoms with Crippen LogP contribution < -0.4 is 5.32 Å². The van der Waals surface area contributed by atoms with Crippen LogP contribution in [0.3, 0.4) is 0 Å². The fraction of sp³-hybridized carbons (Fsp3) is 0.294. The van der Waals surface area contributed by atoms with Crippen LogP contribution in [0.1, 0.15) is 18.2 Å². The number of thiocarbonyl (C=S) groups is 1. The molecular weight excluding hydrogens is 388 g/mol. The van der Waals surface area contributed by atoms with E-state index in [1.807, 2.05) is 34.4 Å². The molecule has 1 saturated heterocycles. The Kier molecular flexibility index (Phi) is 6.23. The summed E-state index contributed by atoms with van der Waals surface area (Å²) in [4.78, 5) is 31.9. The Balaban J connectivity index is 1.54. The van der Waals surface area contributed by atoms with Gasteiger partial charge in [-0.15, -0.1) is 11.3 Å². The summed E-state index contributed by atoms with van der Waals surface area (Å²) >= 11 is 8.11. The van der Waals surface area contributed by atoms with Gasteiger partial charge in [-0.2, -0.15) is 0 Å². The van der Waals surface area contributed by atoms with Crippen molar-refractivity contribution in [3.05, 3.63) is 46.0 Å². The summed E-state index contributed by atoms with van der Waals surface area (Å²) in [5.74, 6) is -0.418. The first kappa shape index (κ1) is 18.8. The molecule has 1 N–H and O–H groups in total. The Morgan fingerprint density at radius 3 is 3.04 bits per heavy atom. The Hall–Kier alpha value is -1.97. The second-order valence-electron chi connectivity index (χ2n) is 5.69. The van der Waals surface area contributed by atoms with Crippen LogP contribution in [-0.4, -0.2) is 43.2 Å². The first-order valence-corrected chi connectivity index (χ1v) is 10.2. The zero-order valence-corrected chi connectivity index (χ0v) is 16.6. The first-order chi connectivity index (χ1) is 12.6. The molecular formula is C17H18N4O2S3. The zero-order valence-electron chi connectivity index (χ0n) is 14.1. The predicted molar refractivity (Wildman–Crippen MR) is 109 cm³/mol. The van der Waals surface area contributed by atoms with Gasteiger partial charge in [0.15, 0.2) is 0 Å². The molecule has 1 aliphatic heterocycles. The van der Waals surface area contributed by atoms with E-state index in [0.717, 1.165) is 17.8 Å². The first-order valence-electron chi connectivity index (χ1n) is 8.10. The fourth-order valence-corrected chi connectivity index (χ4v) is 4.61. The third-order valence-electron chi connectivity index (χ3n) is 3.86. The number of aryl methyl sites for hydroxylation is 1. The molecule has 3 rings (SSSR count). The van der Waals surface area contributed by atoms with E-state index < -0.39 is 6.04 Å². The van der Waals surface area contributed by atoms with E-state index in [2.05, 4.69) is 10.3 Å². The van der Waals surface area contributed by atoms with Crippen molar-refractivity contribution >= 4 is 57.5 Å². The Bertz CT molecular complexity index is 815. The molecule has 6 nitrogen and oxygen atoms in total. The Morgan fingerprint density at radius 1 is 1.50 bits per heavy atom. The monoisotopic (exact) mass is 406 g/mol. The minimum Gasteiger partial charge on any atom is -0.354 e. The Morgan fingerprint density at radius 2 is 2.35 bits per heavy atom. The van der Waals surface area contributed by atoms with Crippen LogP contribution in [0.4, 0.5) is 0 Å². The summed E-state index contributed by atoms with van der Waals surface area (Å²) in [6.07, 6.45) is 7.94. The van der Waals surface area contributed by atoms with Crippen LogP contribution in [0.5, 0.6) is 0 Å². The Labute approximate surface area is 165 Å². The molecule has 26 heavy (non-hydrogen) atoms. The molecule has 0 saturated carbocycles. The van der Waals surface area contributed by atoms with Crippen LogP contribution >= 0.6 is 35.3 Å². The van der Waals surface area contributed by atoms with Gasteiger partial charge in [0.05, 0.1) is 11.2 Å². The van der Waals surface area contributed by atoms with Crippen LogP contribution in [-0.2, 0) is 16.1 Å². The van der Waals surface area contributed by atoms with Gasteiger partial charge in [-0.3, -0.25) is 14.5 Å². The summed E-state index contributed by atoms with van der Waals surface area (Å²) in [7, 11) is 0. The zero-order chi connectivity index (χ0) is 18.5. The number of aromatic nitrogens is 2. The van der Waals surface area contributed by atoms with E-state index in [9.17, 15) is 9.59 Å². The number of hydrogen-bond donors (Lipinski definition) is 1. The van der Waals surface area contributed by atoms with Crippen molar-refractivity contribution in [2.24, 2.45) is 0 Å². The van der Waals surface area contributed by atoms with Gasteiger partial charge in [-0.1, -0.05) is 30.0 Å². The number of thiophene rings is 1. The highest BCUT2D eigenvalue weighted by Gasteiger charge is 2.38. The average Bonchev–Trinajstić information content (AvgIpc) is 3.35. The number of imidazole rings is 1. The molecule has 0 bridgehead atoms. The molecule has 1 fully saturated rings. The van der Waals surface area contributed by atoms with Gasteiger partial charge >= 0.3 is 0 Å². The summed E-state index contributed by atoms with van der Waals surface area (Å²) in [5, 5.41) is 4.82. The van der Waals surface area contributed by atoms with E-state index in [4.69, 9.17) is 12.2 Å². The second-order valence-corrected chi connectivity index (χ2v) is 8.34. The molecule has 0 unspecified atom stereocenters. The maximum Gasteiger partial charge on any atom is 0.266 e. The van der Waals surface area contributed by atoms with E-state index in [1.54, 1.807) is 30.8 Å². The molecule has 2 aromatic rings. The third-order valence-corrected chi connectivity index (χ3v) is 6.01. The fourth-order valence-electron chi connectivity index (χ4n) is 2.47. The van der Waals surface area contributed by atoms with E-state index in [1.165, 1.54) is 16.7 Å². The molecule has 0 aliphatic carbocycles. The lowest BCUT2D eigenvalue weighted by Gasteiger charge is -2.22. The number of nitrogens with zero attached hydrogens (tertiary/aromatic N) is 3. The quantitative estimate of drug-likeness (QED) is 0.435. The van der Waals surface area contributed by atoms with Crippen molar-refractivity contribution < 1.29 is 9.59 Å². The second kappa shape index (κ2) is 8.61. The summed E-state index contributed by atoms with van der Waals surface area (Å²) in [6.45, 7) is 3.00. The molecule has 0 aromatic carbocycles. The number of nitrogens with one attached hydrogen (secondary N) is 1. The highest BCUT2D eigenvalue weighted by atomic mass is 32.2. The lowest BCUT2D eigenvalue weighted by Crippen LogP contribution is -2.47. The van der Waals surface area contributed by atoms with Crippen molar-refractivity contribution in [1.29, 1.82) is 0 Å². The van der Waals surface area contributed by atoms with Gasteiger partial charge in [0.1, 0.15) is 10.4 Å². The lowest BCUT2D eigenvalue weighted by molar-refractivity contribution is -0.132. The summed E-state index contributed by atoms with van der Waals surface area (Å²) in [6, 6.07) is 3.23. The topological polar surface area (TPSA) is 67.2 Å². The van der Waals surface area contributed by atoms with Gasteiger partial charge in [0, 0.05) is 30.4 Å². The number of amides is 2. The number of carbonyl (C=O) groups is 2. The normalized spacial score (nSPS) is 17.1. The van der Waals surface area contributed by atoms with Crippen molar-refractivity contribution in [3.8, 4) is 0 Å². The minimum absolute atomic E-state index is 0.204. The molecule has 3 heterocycles. The molecule has 1 aliphatic rings. The predicted octanol–water partition coefficient (Wildman–Crippen LogP) is 2.74. The van der Waals surface area contributed by atoms with E-state index in [-0.39, 0.29) is 11.8 Å². The van der Waals surface area contributed by atoms with Gasteiger partial charge < -0.3 is 9.88 Å². The largest absolute Gasteiger partial charge is 0.354 e. The minimum atomic E-state index is -0.634. The van der Waals surface area contributed by atoms with E-state index >= 15 is 0 Å². The lowest BCUT2D eigenvalue weighted by atomic mass is 10.2. The van der Waals surface area contributed by atoms with Crippen LogP contribution in [0.2, 0.25) is 0 Å². The molecule has 2 amide bonds. The molecule has 1 atom stereocenters. The highest BCUT2D eigenvalue weighted by molar-refractivity contribution is 8.26. The number of hydrogen-bond acceptors (Lipinski definition) is 6. The third kappa shape index (κ3) is 4.40. The maximum absolute atomic E-state index is 12.6. The van der Waals surface area contributed by atoms with Crippen molar-refractivity contribution in [3.63, 3.8) is 0 Å². The number of carbonyl (C=O) groups excluding carboxylic acids is 2. The molecule has 136 valence electrons. The molecule has 0 radical (unpaired) electrons. The number of thioether (sulfide) groups is 1. The summed E-state index contributed by atoms with van der Waals surface area (Å²) in [5.41, 5.74) is 0. The van der Waals surface area contributed by atoms with Crippen molar-refractivity contribution in [2.75, 3.05) is 6.54 Å². The standard InChI is InChI=1S/C17H18N4O2S3/c1-12(15(22)19-5-3-7-20-8-6-18-11-20)21-16(23)14(26-17(21)24)10-13-4-2-9-25-13/h2,4,6,8-12H,3,5,7H2,1H3,(H,19,22)/b14-10-/t12-/m1/s1. The van der Waals surface area contributed by atoms with Gasteiger partial charge in [-0.25, -0.2) is 4.98 Å².